The Morgan fingerprint density at radius 2 is 2.31 bits per heavy atom. The summed E-state index contributed by atoms with van der Waals surface area (Å²) in [7, 11) is 2.18. The number of H-pyrrole nitrogens is 1. The number of likely N-dealkylation sites (N-methyl/N-ethyl adjacent to an activating group) is 1. The third kappa shape index (κ3) is 1.48. The molecule has 2 aromatic rings. The lowest BCUT2D eigenvalue weighted by Gasteiger charge is -2.09. The highest BCUT2D eigenvalue weighted by Crippen LogP contribution is 2.32. The van der Waals surface area contributed by atoms with Crippen molar-refractivity contribution in [3.8, 4) is 0 Å². The molecule has 1 saturated heterocycles. The summed E-state index contributed by atoms with van der Waals surface area (Å²) in [4.78, 5) is 5.72. The van der Waals surface area contributed by atoms with E-state index in [1.807, 2.05) is 6.07 Å². The second-order valence-electron chi connectivity index (χ2n) is 4.80. The smallest absolute Gasteiger partial charge is 0.0458 e. The molecule has 1 aliphatic rings. The van der Waals surface area contributed by atoms with Crippen LogP contribution in [-0.2, 0) is 0 Å². The second kappa shape index (κ2) is 3.52. The van der Waals surface area contributed by atoms with Gasteiger partial charge in [-0.25, -0.2) is 0 Å². The van der Waals surface area contributed by atoms with Gasteiger partial charge in [0.1, 0.15) is 0 Å². The summed E-state index contributed by atoms with van der Waals surface area (Å²) >= 11 is 0. The number of rotatable bonds is 1. The summed E-state index contributed by atoms with van der Waals surface area (Å²) in [5.41, 5.74) is 9.32. The first-order valence-electron chi connectivity index (χ1n) is 5.79. The number of nitrogens with two attached hydrogens (primary N) is 1. The van der Waals surface area contributed by atoms with Crippen LogP contribution in [0, 0.1) is 0 Å². The highest BCUT2D eigenvalue weighted by atomic mass is 15.1. The van der Waals surface area contributed by atoms with E-state index in [2.05, 4.69) is 35.3 Å². The quantitative estimate of drug-likeness (QED) is 0.716. The average Bonchev–Trinajstić information content (AvgIpc) is 2.83. The topological polar surface area (TPSA) is 45.0 Å². The number of nitrogens with one attached hydrogen (secondary N) is 1. The normalized spacial score (nSPS) is 21.9. The number of hydrogen-bond acceptors (Lipinski definition) is 2. The molecular formula is C13H17N3. The highest BCUT2D eigenvalue weighted by molar-refractivity contribution is 5.86. The van der Waals surface area contributed by atoms with Gasteiger partial charge in [-0.05, 0) is 49.7 Å². The van der Waals surface area contributed by atoms with Gasteiger partial charge in [0.15, 0.2) is 0 Å². The highest BCUT2D eigenvalue weighted by Gasteiger charge is 2.23. The fraction of sp³-hybridized carbons (Fsp3) is 0.385. The fourth-order valence-electron chi connectivity index (χ4n) is 2.69. The van der Waals surface area contributed by atoms with Gasteiger partial charge < -0.3 is 15.6 Å². The summed E-state index contributed by atoms with van der Waals surface area (Å²) in [6, 6.07) is 6.09. The van der Waals surface area contributed by atoms with E-state index in [-0.39, 0.29) is 0 Å². The standard InChI is InChI=1S/C13H17N3/c1-16-5-4-9(8-16)12-7-15-13-3-2-10(14)6-11(12)13/h2-3,6-7,9,15H,4-5,8,14H2,1H3/t9-/m1/s1. The van der Waals surface area contributed by atoms with E-state index in [1.54, 1.807) is 0 Å². The molecule has 1 aromatic heterocycles. The minimum absolute atomic E-state index is 0.653. The molecule has 3 rings (SSSR count). The number of fused-ring (bicyclic) bond motifs is 1. The van der Waals surface area contributed by atoms with Crippen LogP contribution in [0.1, 0.15) is 17.9 Å². The van der Waals surface area contributed by atoms with Crippen LogP contribution >= 0.6 is 0 Å². The Hall–Kier alpha value is -1.48. The maximum Gasteiger partial charge on any atom is 0.0458 e. The molecular weight excluding hydrogens is 198 g/mol. The molecule has 0 aliphatic carbocycles. The zero-order valence-corrected chi connectivity index (χ0v) is 9.53. The lowest BCUT2D eigenvalue weighted by Crippen LogP contribution is -2.13. The molecule has 16 heavy (non-hydrogen) atoms. The molecule has 84 valence electrons. The van der Waals surface area contributed by atoms with E-state index < -0.39 is 0 Å². The van der Waals surface area contributed by atoms with Crippen molar-refractivity contribution in [1.82, 2.24) is 9.88 Å². The first-order chi connectivity index (χ1) is 7.74. The molecule has 0 spiro atoms. The lowest BCUT2D eigenvalue weighted by atomic mass is 9.98. The molecule has 3 heteroatoms. The predicted octanol–water partition coefficient (Wildman–Crippen LogP) is 2.17. The van der Waals surface area contributed by atoms with Crippen LogP contribution in [0.4, 0.5) is 5.69 Å². The maximum atomic E-state index is 5.85. The minimum Gasteiger partial charge on any atom is -0.399 e. The van der Waals surface area contributed by atoms with Gasteiger partial charge in [-0.1, -0.05) is 0 Å². The van der Waals surface area contributed by atoms with Gasteiger partial charge in [0.05, 0.1) is 0 Å². The molecule has 1 fully saturated rings. The summed E-state index contributed by atoms with van der Waals surface area (Å²) < 4.78 is 0. The van der Waals surface area contributed by atoms with Crippen LogP contribution in [0.2, 0.25) is 0 Å². The summed E-state index contributed by atoms with van der Waals surface area (Å²) in [5, 5.41) is 1.29. The molecule has 1 aromatic carbocycles. The number of hydrogen-bond donors (Lipinski definition) is 2. The van der Waals surface area contributed by atoms with Crippen molar-refractivity contribution >= 4 is 16.6 Å². The number of nitrogen functional groups attached to an aromatic ring is 1. The number of benzene rings is 1. The molecule has 1 aliphatic heterocycles. The Labute approximate surface area is 95.2 Å². The molecule has 1 atom stereocenters. The van der Waals surface area contributed by atoms with Gasteiger partial charge in [0, 0.05) is 29.3 Å². The Morgan fingerprint density at radius 1 is 1.44 bits per heavy atom. The summed E-state index contributed by atoms with van der Waals surface area (Å²) in [5.74, 6) is 0.653. The van der Waals surface area contributed by atoms with Gasteiger partial charge in [0.25, 0.3) is 0 Å². The van der Waals surface area contributed by atoms with E-state index >= 15 is 0 Å². The number of anilines is 1. The fourth-order valence-corrected chi connectivity index (χ4v) is 2.69. The van der Waals surface area contributed by atoms with Gasteiger partial charge in [-0.3, -0.25) is 0 Å². The largest absolute Gasteiger partial charge is 0.399 e. The van der Waals surface area contributed by atoms with Crippen molar-refractivity contribution in [3.63, 3.8) is 0 Å². The molecule has 0 saturated carbocycles. The minimum atomic E-state index is 0.653. The van der Waals surface area contributed by atoms with Crippen LogP contribution < -0.4 is 5.73 Å². The van der Waals surface area contributed by atoms with E-state index in [0.29, 0.717) is 5.92 Å². The number of likely N-dealkylation sites (tertiary alicyclic amines) is 1. The van der Waals surface area contributed by atoms with Gasteiger partial charge in [-0.2, -0.15) is 0 Å². The third-order valence-electron chi connectivity index (χ3n) is 3.57. The lowest BCUT2D eigenvalue weighted by molar-refractivity contribution is 0.412. The Morgan fingerprint density at radius 3 is 3.06 bits per heavy atom. The Balaban J connectivity index is 2.06. The van der Waals surface area contributed by atoms with Crippen molar-refractivity contribution in [1.29, 1.82) is 0 Å². The van der Waals surface area contributed by atoms with Gasteiger partial charge >= 0.3 is 0 Å². The SMILES string of the molecule is CN1CC[C@@H](c2c[nH]c3ccc(N)cc23)C1. The van der Waals surface area contributed by atoms with Crippen molar-refractivity contribution < 1.29 is 0 Å². The predicted molar refractivity (Wildman–Crippen MR) is 67.6 cm³/mol. The molecule has 0 amide bonds. The van der Waals surface area contributed by atoms with Crippen LogP contribution in [0.15, 0.2) is 24.4 Å². The molecule has 0 radical (unpaired) electrons. The maximum absolute atomic E-state index is 5.85. The van der Waals surface area contributed by atoms with Crippen molar-refractivity contribution in [2.45, 2.75) is 12.3 Å². The van der Waals surface area contributed by atoms with E-state index in [9.17, 15) is 0 Å². The number of nitrogens with zero attached hydrogens (tertiary/aromatic N) is 1. The van der Waals surface area contributed by atoms with Crippen LogP contribution in [0.5, 0.6) is 0 Å². The first kappa shape index (κ1) is 9.73. The van der Waals surface area contributed by atoms with E-state index in [1.165, 1.54) is 29.4 Å². The van der Waals surface area contributed by atoms with Crippen molar-refractivity contribution in [2.24, 2.45) is 0 Å². The van der Waals surface area contributed by atoms with Gasteiger partial charge in [-0.15, -0.1) is 0 Å². The van der Waals surface area contributed by atoms with Crippen molar-refractivity contribution in [3.05, 3.63) is 30.0 Å². The van der Waals surface area contributed by atoms with Crippen LogP contribution in [0.25, 0.3) is 10.9 Å². The first-order valence-corrected chi connectivity index (χ1v) is 5.79. The molecule has 2 heterocycles. The van der Waals surface area contributed by atoms with E-state index in [4.69, 9.17) is 5.73 Å². The average molecular weight is 215 g/mol. The Bertz CT molecular complexity index is 515. The monoisotopic (exact) mass is 215 g/mol. The van der Waals surface area contributed by atoms with Crippen LogP contribution in [0.3, 0.4) is 0 Å². The number of aromatic nitrogens is 1. The van der Waals surface area contributed by atoms with Crippen molar-refractivity contribution in [2.75, 3.05) is 25.9 Å². The molecule has 3 nitrogen and oxygen atoms in total. The molecule has 0 bridgehead atoms. The zero-order valence-electron chi connectivity index (χ0n) is 9.53. The van der Waals surface area contributed by atoms with Gasteiger partial charge in [0.2, 0.25) is 0 Å². The summed E-state index contributed by atoms with van der Waals surface area (Å²) in [6.07, 6.45) is 3.40. The number of aromatic amines is 1. The summed E-state index contributed by atoms with van der Waals surface area (Å²) in [6.45, 7) is 2.35. The second-order valence-corrected chi connectivity index (χ2v) is 4.80. The molecule has 0 unspecified atom stereocenters. The van der Waals surface area contributed by atoms with E-state index in [0.717, 1.165) is 12.2 Å². The zero-order chi connectivity index (χ0) is 11.1. The molecule has 3 N–H and O–H groups in total. The van der Waals surface area contributed by atoms with Crippen LogP contribution in [-0.4, -0.2) is 30.0 Å². The Kier molecular flexibility index (Phi) is 2.14. The third-order valence-corrected chi connectivity index (χ3v) is 3.57.